The zero-order chi connectivity index (χ0) is 9.72. The average Bonchev–Trinajstić information content (AvgIpc) is 1.84. The molecule has 0 saturated heterocycles. The zero-order valence-electron chi connectivity index (χ0n) is 7.51. The number of nitrogens with one attached hydrogen (secondary N) is 1. The van der Waals surface area contributed by atoms with Gasteiger partial charge in [0, 0.05) is 13.8 Å². The van der Waals surface area contributed by atoms with Crippen LogP contribution in [-0.4, -0.2) is 23.5 Å². The van der Waals surface area contributed by atoms with Crippen molar-refractivity contribution in [3.63, 3.8) is 0 Å². The van der Waals surface area contributed by atoms with Gasteiger partial charge < -0.3 is 9.90 Å². The lowest BCUT2D eigenvalue weighted by Crippen LogP contribution is -2.82. The van der Waals surface area contributed by atoms with Gasteiger partial charge in [0.1, 0.15) is 11.8 Å². The van der Waals surface area contributed by atoms with Crippen molar-refractivity contribution in [3.8, 4) is 0 Å². The first-order valence-electron chi connectivity index (χ1n) is 3.72. The summed E-state index contributed by atoms with van der Waals surface area (Å²) in [6.45, 7) is 4.61. The highest BCUT2D eigenvalue weighted by molar-refractivity contribution is 5.97. The van der Waals surface area contributed by atoms with Crippen LogP contribution in [0.2, 0.25) is 0 Å². The lowest BCUT2D eigenvalue weighted by atomic mass is 10.2. The van der Waals surface area contributed by atoms with E-state index in [2.05, 4.69) is 4.99 Å². The Balaban J connectivity index is 4.15. The van der Waals surface area contributed by atoms with E-state index in [0.29, 0.717) is 5.71 Å². The van der Waals surface area contributed by atoms with E-state index in [1.165, 1.54) is 13.8 Å². The van der Waals surface area contributed by atoms with Gasteiger partial charge in [0.05, 0.1) is 6.42 Å². The summed E-state index contributed by atoms with van der Waals surface area (Å²) in [5, 5.41) is 10.2. The molecule has 4 heteroatoms. The number of Topliss-reactive ketones (excluding diaryl/α,β-unsaturated/α-hetero) is 1. The van der Waals surface area contributed by atoms with E-state index in [4.69, 9.17) is 0 Å². The molecule has 0 aromatic rings. The molecule has 1 atom stereocenters. The molecule has 4 nitrogen and oxygen atoms in total. The Morgan fingerprint density at radius 2 is 1.92 bits per heavy atom. The van der Waals surface area contributed by atoms with E-state index in [9.17, 15) is 14.7 Å². The molecule has 0 bridgehead atoms. The summed E-state index contributed by atoms with van der Waals surface area (Å²) in [7, 11) is 0. The smallest absolute Gasteiger partial charge is 0.187 e. The van der Waals surface area contributed by atoms with Gasteiger partial charge in [-0.25, -0.2) is 4.99 Å². The molecule has 0 aromatic carbocycles. The number of ketones is 1. The summed E-state index contributed by atoms with van der Waals surface area (Å²) in [6.07, 6.45) is 0.262. The van der Waals surface area contributed by atoms with Crippen molar-refractivity contribution in [3.05, 3.63) is 0 Å². The summed E-state index contributed by atoms with van der Waals surface area (Å²) >= 11 is 0. The van der Waals surface area contributed by atoms with Crippen molar-refractivity contribution in [1.29, 1.82) is 0 Å². The minimum Gasteiger partial charge on any atom is -0.543 e. The molecule has 0 fully saturated rings. The van der Waals surface area contributed by atoms with Gasteiger partial charge in [-0.3, -0.25) is 4.79 Å². The maximum Gasteiger partial charge on any atom is 0.187 e. The van der Waals surface area contributed by atoms with Crippen LogP contribution < -0.4 is 10.1 Å². The van der Waals surface area contributed by atoms with Crippen molar-refractivity contribution in [2.24, 2.45) is 0 Å². The minimum atomic E-state index is -1.17. The normalized spacial score (nSPS) is 14.1. The third-order valence-electron chi connectivity index (χ3n) is 1.33. The van der Waals surface area contributed by atoms with Gasteiger partial charge in [-0.2, -0.15) is 0 Å². The summed E-state index contributed by atoms with van der Waals surface area (Å²) < 4.78 is 0. The summed E-state index contributed by atoms with van der Waals surface area (Å²) in [5.41, 5.74) is 0.652. The fourth-order valence-electron chi connectivity index (χ4n) is 0.853. The van der Waals surface area contributed by atoms with Gasteiger partial charge in [0.15, 0.2) is 11.8 Å². The molecule has 0 unspecified atom stereocenters. The van der Waals surface area contributed by atoms with Crippen LogP contribution in [0.5, 0.6) is 0 Å². The summed E-state index contributed by atoms with van der Waals surface area (Å²) in [5.74, 6) is -1.16. The first kappa shape index (κ1) is 10.8. The van der Waals surface area contributed by atoms with Crippen LogP contribution in [0.1, 0.15) is 27.2 Å². The number of hydrogen-bond acceptors (Lipinski definition) is 3. The van der Waals surface area contributed by atoms with Crippen LogP contribution >= 0.6 is 0 Å². The van der Waals surface area contributed by atoms with E-state index in [-0.39, 0.29) is 12.2 Å². The Morgan fingerprint density at radius 1 is 1.42 bits per heavy atom. The van der Waals surface area contributed by atoms with Gasteiger partial charge >= 0.3 is 0 Å². The molecule has 0 amide bonds. The number of carboxylic acids is 1. The Labute approximate surface area is 71.3 Å². The maximum atomic E-state index is 10.6. The molecule has 12 heavy (non-hydrogen) atoms. The predicted molar refractivity (Wildman–Crippen MR) is 41.4 cm³/mol. The van der Waals surface area contributed by atoms with Gasteiger partial charge in [0.2, 0.25) is 0 Å². The largest absolute Gasteiger partial charge is 0.543 e. The van der Waals surface area contributed by atoms with E-state index in [1.54, 1.807) is 6.92 Å². The fraction of sp³-hybridized carbons (Fsp3) is 0.625. The molecule has 0 aliphatic rings. The van der Waals surface area contributed by atoms with Gasteiger partial charge in [-0.1, -0.05) is 0 Å². The Hall–Kier alpha value is -1.19. The Bertz CT molecular complexity index is 220. The number of carboxylic acid groups (broad SMARTS) is 1. The summed E-state index contributed by atoms with van der Waals surface area (Å²) in [6, 6.07) is -0.746. The highest BCUT2D eigenvalue weighted by Gasteiger charge is 2.08. The maximum absolute atomic E-state index is 10.6. The number of carbonyl (C=O) groups is 2. The molecule has 0 radical (unpaired) electrons. The van der Waals surface area contributed by atoms with E-state index < -0.39 is 12.0 Å². The molecule has 0 aliphatic heterocycles. The topological polar surface area (TPSA) is 71.2 Å². The fourth-order valence-corrected chi connectivity index (χ4v) is 0.853. The molecular formula is C8H13NO3. The molecule has 0 aromatic heterocycles. The molecule has 1 N–H and O–H groups in total. The highest BCUT2D eigenvalue weighted by atomic mass is 16.4. The highest BCUT2D eigenvalue weighted by Crippen LogP contribution is 1.79. The van der Waals surface area contributed by atoms with Gasteiger partial charge in [-0.05, 0) is 6.92 Å². The monoisotopic (exact) mass is 171 g/mol. The van der Waals surface area contributed by atoms with E-state index in [1.807, 2.05) is 0 Å². The van der Waals surface area contributed by atoms with Crippen LogP contribution in [0.3, 0.4) is 0 Å². The molecular weight excluding hydrogens is 158 g/mol. The minimum absolute atomic E-state index is 0.00514. The lowest BCUT2D eigenvalue weighted by Gasteiger charge is -2.01. The second-order valence-electron chi connectivity index (χ2n) is 2.84. The second kappa shape index (κ2) is 4.64. The average molecular weight is 171 g/mol. The first-order valence-corrected chi connectivity index (χ1v) is 3.72. The van der Waals surface area contributed by atoms with Crippen LogP contribution in [0.25, 0.3) is 0 Å². The molecule has 68 valence electrons. The number of aliphatic carboxylic acids is 1. The molecule has 0 saturated carbocycles. The van der Waals surface area contributed by atoms with Gasteiger partial charge in [-0.15, -0.1) is 0 Å². The van der Waals surface area contributed by atoms with Crippen LogP contribution in [0, 0.1) is 0 Å². The predicted octanol–water partition coefficient (Wildman–Crippen LogP) is -2.35. The zero-order valence-corrected chi connectivity index (χ0v) is 7.51. The van der Waals surface area contributed by atoms with Crippen LogP contribution in [-0.2, 0) is 9.59 Å². The van der Waals surface area contributed by atoms with Gasteiger partial charge in [0.25, 0.3) is 0 Å². The standard InChI is InChI=1S/C8H13NO3/c1-5(4-6(2)10)9-7(3)8(11)12/h7H,4H2,1-3H3,(H,11,12)/t7-/m1/s1. The SMILES string of the molecule is CC(=O)CC(C)=[NH+][C@H](C)C(=O)[O-]. The molecule has 0 aliphatic carbocycles. The van der Waals surface area contributed by atoms with Crippen molar-refractivity contribution in [2.45, 2.75) is 33.2 Å². The van der Waals surface area contributed by atoms with Crippen molar-refractivity contribution >= 4 is 17.5 Å². The second-order valence-corrected chi connectivity index (χ2v) is 2.84. The van der Waals surface area contributed by atoms with Crippen molar-refractivity contribution in [2.75, 3.05) is 0 Å². The Morgan fingerprint density at radius 3 is 2.25 bits per heavy atom. The first-order chi connectivity index (χ1) is 5.43. The molecule has 0 rings (SSSR count). The number of carbonyl (C=O) groups excluding carboxylic acids is 2. The third-order valence-corrected chi connectivity index (χ3v) is 1.33. The van der Waals surface area contributed by atoms with E-state index >= 15 is 0 Å². The van der Waals surface area contributed by atoms with Crippen molar-refractivity contribution < 1.29 is 19.7 Å². The Kier molecular flexibility index (Phi) is 4.18. The quantitative estimate of drug-likeness (QED) is 0.481. The number of hydrogen-bond donors (Lipinski definition) is 1. The van der Waals surface area contributed by atoms with Crippen LogP contribution in [0.15, 0.2) is 0 Å². The van der Waals surface area contributed by atoms with Crippen LogP contribution in [0.4, 0.5) is 0 Å². The molecule has 0 heterocycles. The van der Waals surface area contributed by atoms with E-state index in [0.717, 1.165) is 0 Å². The summed E-state index contributed by atoms with van der Waals surface area (Å²) in [4.78, 5) is 23.5. The third kappa shape index (κ3) is 4.60. The lowest BCUT2D eigenvalue weighted by molar-refractivity contribution is -0.503. The molecule has 0 spiro atoms. The van der Waals surface area contributed by atoms with Crippen molar-refractivity contribution in [1.82, 2.24) is 0 Å². The number of rotatable bonds is 4.